The lowest BCUT2D eigenvalue weighted by molar-refractivity contribution is 0.100. The first kappa shape index (κ1) is 23.9. The molecule has 0 unspecified atom stereocenters. The van der Waals surface area contributed by atoms with Gasteiger partial charge in [-0.05, 0) is 102 Å². The summed E-state index contributed by atoms with van der Waals surface area (Å²) in [5.74, 6) is 0.0273. The highest BCUT2D eigenvalue weighted by Crippen LogP contribution is 2.45. The normalized spacial score (nSPS) is 12.2. The fraction of sp³-hybridized carbons (Fsp3) is 0.0541. The van der Waals surface area contributed by atoms with E-state index in [9.17, 15) is 4.79 Å². The van der Waals surface area contributed by atoms with E-state index in [0.29, 0.717) is 0 Å². The molecular weight excluding hydrogens is 488 g/mol. The van der Waals surface area contributed by atoms with Crippen molar-refractivity contribution < 1.29 is 4.79 Å². The van der Waals surface area contributed by atoms with Crippen LogP contribution in [0.15, 0.2) is 133 Å². The van der Waals surface area contributed by atoms with Gasteiger partial charge in [0.25, 0.3) is 5.91 Å². The Morgan fingerprint density at radius 2 is 1.15 bits per heavy atom. The zero-order chi connectivity index (χ0) is 27.2. The van der Waals surface area contributed by atoms with Gasteiger partial charge in [-0.1, -0.05) is 72.8 Å². The monoisotopic (exact) mass is 516 g/mol. The molecule has 1 heterocycles. The Morgan fingerprint density at radius 1 is 0.550 bits per heavy atom. The minimum absolute atomic E-state index is 0.0273. The number of rotatable bonds is 5. The van der Waals surface area contributed by atoms with Crippen LogP contribution in [0.5, 0.6) is 0 Å². The van der Waals surface area contributed by atoms with Gasteiger partial charge in [-0.25, -0.2) is 0 Å². The van der Waals surface area contributed by atoms with Crippen molar-refractivity contribution in [1.29, 1.82) is 0 Å². The van der Waals surface area contributed by atoms with Crippen molar-refractivity contribution >= 4 is 45.1 Å². The highest BCUT2D eigenvalue weighted by molar-refractivity contribution is 6.29. The Balaban J connectivity index is 1.32. The van der Waals surface area contributed by atoms with E-state index >= 15 is 0 Å². The van der Waals surface area contributed by atoms with Gasteiger partial charge in [0.05, 0.1) is 11.3 Å². The van der Waals surface area contributed by atoms with E-state index in [1.165, 1.54) is 0 Å². The van der Waals surface area contributed by atoms with Crippen molar-refractivity contribution in [2.45, 2.75) is 13.8 Å². The van der Waals surface area contributed by atoms with Gasteiger partial charge in [-0.15, -0.1) is 0 Å². The van der Waals surface area contributed by atoms with Gasteiger partial charge < -0.3 is 4.90 Å². The summed E-state index contributed by atoms with van der Waals surface area (Å²) >= 11 is 0. The fourth-order valence-electron chi connectivity index (χ4n) is 5.96. The third-order valence-electron chi connectivity index (χ3n) is 7.62. The summed E-state index contributed by atoms with van der Waals surface area (Å²) in [5.41, 5.74) is 10.4. The number of anilines is 5. The number of benzene rings is 6. The second-order valence-electron chi connectivity index (χ2n) is 10.4. The molecular formula is C37H28N2O. The number of amides is 1. The van der Waals surface area contributed by atoms with Gasteiger partial charge in [-0.3, -0.25) is 9.69 Å². The van der Waals surface area contributed by atoms with Crippen LogP contribution in [0.2, 0.25) is 0 Å². The average molecular weight is 517 g/mol. The lowest BCUT2D eigenvalue weighted by Crippen LogP contribution is -2.21. The van der Waals surface area contributed by atoms with E-state index in [1.54, 1.807) is 0 Å². The molecule has 0 aliphatic carbocycles. The number of nitrogens with zero attached hydrogens (tertiary/aromatic N) is 2. The van der Waals surface area contributed by atoms with E-state index < -0.39 is 0 Å². The molecule has 6 aromatic carbocycles. The summed E-state index contributed by atoms with van der Waals surface area (Å²) in [6, 6.07) is 46.2. The molecule has 0 fully saturated rings. The van der Waals surface area contributed by atoms with Crippen molar-refractivity contribution in [2.24, 2.45) is 0 Å². The van der Waals surface area contributed by atoms with Crippen LogP contribution in [0.25, 0.3) is 21.9 Å². The molecule has 1 aliphatic rings. The molecule has 0 radical (unpaired) electrons. The van der Waals surface area contributed by atoms with Crippen LogP contribution in [0.3, 0.4) is 0 Å². The number of hydrogen-bond donors (Lipinski definition) is 0. The van der Waals surface area contributed by atoms with Gasteiger partial charge in [0.2, 0.25) is 0 Å². The first-order valence-corrected chi connectivity index (χ1v) is 13.6. The fourth-order valence-corrected chi connectivity index (χ4v) is 5.96. The second kappa shape index (κ2) is 9.55. The van der Waals surface area contributed by atoms with E-state index in [4.69, 9.17) is 0 Å². The molecule has 0 saturated carbocycles. The van der Waals surface area contributed by atoms with E-state index in [2.05, 4.69) is 128 Å². The van der Waals surface area contributed by atoms with Gasteiger partial charge >= 0.3 is 0 Å². The quantitative estimate of drug-likeness (QED) is 0.228. The molecule has 0 spiro atoms. The van der Waals surface area contributed by atoms with Crippen LogP contribution in [-0.2, 0) is 0 Å². The molecule has 1 aliphatic heterocycles. The van der Waals surface area contributed by atoms with E-state index in [0.717, 1.165) is 67.0 Å². The van der Waals surface area contributed by atoms with Crippen molar-refractivity contribution in [3.63, 3.8) is 0 Å². The lowest BCUT2D eigenvalue weighted by Gasteiger charge is -2.25. The molecule has 0 N–H and O–H groups in total. The lowest BCUT2D eigenvalue weighted by atomic mass is 9.95. The van der Waals surface area contributed by atoms with Crippen molar-refractivity contribution in [3.8, 4) is 11.1 Å². The molecule has 6 aromatic rings. The molecule has 3 nitrogen and oxygen atoms in total. The van der Waals surface area contributed by atoms with E-state index in [-0.39, 0.29) is 5.91 Å². The van der Waals surface area contributed by atoms with E-state index in [1.807, 2.05) is 29.2 Å². The maximum absolute atomic E-state index is 13.7. The number of para-hydroxylation sites is 2. The highest BCUT2D eigenvalue weighted by atomic mass is 16.2. The Morgan fingerprint density at radius 3 is 1.77 bits per heavy atom. The minimum atomic E-state index is 0.0273. The third-order valence-corrected chi connectivity index (χ3v) is 7.62. The zero-order valence-corrected chi connectivity index (χ0v) is 22.5. The van der Waals surface area contributed by atoms with Gasteiger partial charge in [0, 0.05) is 28.1 Å². The summed E-state index contributed by atoms with van der Waals surface area (Å²) in [7, 11) is 0. The predicted octanol–water partition coefficient (Wildman–Crippen LogP) is 9.89. The topological polar surface area (TPSA) is 23.6 Å². The van der Waals surface area contributed by atoms with Crippen LogP contribution in [-0.4, -0.2) is 5.91 Å². The van der Waals surface area contributed by atoms with Crippen LogP contribution in [0, 0.1) is 13.8 Å². The van der Waals surface area contributed by atoms with Crippen molar-refractivity contribution in [1.82, 2.24) is 0 Å². The Labute approximate surface area is 234 Å². The maximum Gasteiger partial charge on any atom is 0.263 e. The highest BCUT2D eigenvalue weighted by Gasteiger charge is 2.32. The molecule has 0 aromatic heterocycles. The Hall–Kier alpha value is -5.15. The Kier molecular flexibility index (Phi) is 5.71. The first-order valence-electron chi connectivity index (χ1n) is 13.6. The molecule has 1 amide bonds. The summed E-state index contributed by atoms with van der Waals surface area (Å²) in [6.07, 6.45) is 0. The minimum Gasteiger partial charge on any atom is -0.311 e. The Bertz CT molecular complexity index is 1820. The second-order valence-corrected chi connectivity index (χ2v) is 10.4. The average Bonchev–Trinajstić information content (AvgIpc) is 3.27. The van der Waals surface area contributed by atoms with Crippen molar-refractivity contribution in [3.05, 3.63) is 150 Å². The molecule has 40 heavy (non-hydrogen) atoms. The third kappa shape index (κ3) is 3.95. The molecule has 0 atom stereocenters. The predicted molar refractivity (Wildman–Crippen MR) is 166 cm³/mol. The van der Waals surface area contributed by atoms with Crippen LogP contribution in [0.1, 0.15) is 21.5 Å². The first-order chi connectivity index (χ1) is 19.6. The zero-order valence-electron chi connectivity index (χ0n) is 22.5. The number of carbonyl (C=O) groups is 1. The SMILES string of the molecule is Cc1cc(C)cc(N2C(=O)c3cccc4c(-c5ccc(N(c6ccccc6)c6ccccc6)cc5)ccc2c34)c1. The molecule has 7 rings (SSSR count). The largest absolute Gasteiger partial charge is 0.311 e. The summed E-state index contributed by atoms with van der Waals surface area (Å²) in [5, 5.41) is 2.11. The molecule has 0 saturated heterocycles. The summed E-state index contributed by atoms with van der Waals surface area (Å²) in [4.78, 5) is 17.8. The van der Waals surface area contributed by atoms with Gasteiger partial charge in [0.15, 0.2) is 0 Å². The van der Waals surface area contributed by atoms with Gasteiger partial charge in [0.1, 0.15) is 0 Å². The van der Waals surface area contributed by atoms with Crippen LogP contribution < -0.4 is 9.80 Å². The molecule has 0 bridgehead atoms. The van der Waals surface area contributed by atoms with Crippen LogP contribution in [0.4, 0.5) is 28.4 Å². The smallest absolute Gasteiger partial charge is 0.263 e. The number of aryl methyl sites for hydroxylation is 2. The van der Waals surface area contributed by atoms with Crippen molar-refractivity contribution in [2.75, 3.05) is 9.80 Å². The maximum atomic E-state index is 13.7. The van der Waals surface area contributed by atoms with Gasteiger partial charge in [-0.2, -0.15) is 0 Å². The molecule has 3 heteroatoms. The number of hydrogen-bond acceptors (Lipinski definition) is 2. The standard InChI is InChI=1S/C37H28N2O/c1-25-22-26(2)24-31(23-25)39-35-21-20-32(33-14-9-15-34(36(33)35)37(39)40)27-16-18-30(19-17-27)38(28-10-5-3-6-11-28)29-12-7-4-8-13-29/h3-24H,1-2H3. The van der Waals surface area contributed by atoms with Crippen LogP contribution >= 0.6 is 0 Å². The number of carbonyl (C=O) groups excluding carboxylic acids is 1. The molecule has 192 valence electrons. The summed E-state index contributed by atoms with van der Waals surface area (Å²) < 4.78 is 0. The summed E-state index contributed by atoms with van der Waals surface area (Å²) in [6.45, 7) is 4.15.